The molecule has 3 nitrogen and oxygen atoms in total. The first-order chi connectivity index (χ1) is 7.47. The lowest BCUT2D eigenvalue weighted by Crippen LogP contribution is -2.32. The number of nitrogens with one attached hydrogen (secondary N) is 1. The van der Waals surface area contributed by atoms with Crippen molar-refractivity contribution in [3.63, 3.8) is 0 Å². The second-order valence-corrected chi connectivity index (χ2v) is 5.04. The molecule has 0 saturated heterocycles. The maximum atomic E-state index is 9.56. The van der Waals surface area contributed by atoms with Gasteiger partial charge in [0.15, 0.2) is 0 Å². The fraction of sp³-hybridized carbons (Fsp3) is 0.692. The molecule has 0 bridgehead atoms. The van der Waals surface area contributed by atoms with E-state index >= 15 is 0 Å². The van der Waals surface area contributed by atoms with Crippen LogP contribution in [0, 0.1) is 0 Å². The minimum Gasteiger partial charge on any atom is -0.469 e. The van der Waals surface area contributed by atoms with Crippen LogP contribution in [0.5, 0.6) is 0 Å². The molecule has 0 saturated carbocycles. The van der Waals surface area contributed by atoms with Gasteiger partial charge in [-0.05, 0) is 52.3 Å². The molecule has 2 N–H and O–H groups in total. The maximum Gasteiger partial charge on any atom is 0.103 e. The molecule has 0 aliphatic heterocycles. The van der Waals surface area contributed by atoms with Gasteiger partial charge < -0.3 is 14.8 Å². The van der Waals surface area contributed by atoms with E-state index in [4.69, 9.17) is 4.42 Å². The largest absolute Gasteiger partial charge is 0.469 e. The quantitative estimate of drug-likeness (QED) is 0.748. The van der Waals surface area contributed by atoms with Gasteiger partial charge >= 0.3 is 0 Å². The number of hydrogen-bond acceptors (Lipinski definition) is 3. The maximum absolute atomic E-state index is 9.56. The first-order valence-corrected chi connectivity index (χ1v) is 5.95. The Balaban J connectivity index is 2.09. The van der Waals surface area contributed by atoms with E-state index < -0.39 is 5.60 Å². The molecule has 0 amide bonds. The highest BCUT2D eigenvalue weighted by atomic mass is 16.3. The van der Waals surface area contributed by atoms with Crippen molar-refractivity contribution in [1.82, 2.24) is 5.32 Å². The van der Waals surface area contributed by atoms with Crippen LogP contribution in [0.3, 0.4) is 0 Å². The number of rotatable bonds is 7. The summed E-state index contributed by atoms with van der Waals surface area (Å²) in [6.07, 6.45) is 4.50. The first kappa shape index (κ1) is 13.3. The van der Waals surface area contributed by atoms with Crippen LogP contribution in [0.15, 0.2) is 22.8 Å². The molecule has 0 fully saturated rings. The minimum atomic E-state index is -0.576. The zero-order valence-electron chi connectivity index (χ0n) is 10.5. The van der Waals surface area contributed by atoms with Gasteiger partial charge in [0.1, 0.15) is 5.76 Å². The van der Waals surface area contributed by atoms with Crippen LogP contribution >= 0.6 is 0 Å². The van der Waals surface area contributed by atoms with E-state index in [0.717, 1.165) is 31.6 Å². The van der Waals surface area contributed by atoms with Crippen LogP contribution in [0.4, 0.5) is 0 Å². The van der Waals surface area contributed by atoms with Gasteiger partial charge in [0.05, 0.1) is 11.9 Å². The van der Waals surface area contributed by atoms with Crippen LogP contribution in [0.25, 0.3) is 0 Å². The fourth-order valence-corrected chi connectivity index (χ4v) is 1.54. The second-order valence-electron chi connectivity index (χ2n) is 5.04. The van der Waals surface area contributed by atoms with E-state index in [1.807, 2.05) is 26.0 Å². The van der Waals surface area contributed by atoms with Crippen molar-refractivity contribution in [3.8, 4) is 0 Å². The van der Waals surface area contributed by atoms with Crippen molar-refractivity contribution in [2.24, 2.45) is 0 Å². The Morgan fingerprint density at radius 2 is 2.25 bits per heavy atom. The van der Waals surface area contributed by atoms with Crippen LogP contribution < -0.4 is 5.32 Å². The van der Waals surface area contributed by atoms with Crippen molar-refractivity contribution >= 4 is 0 Å². The highest BCUT2D eigenvalue weighted by Gasteiger charge is 2.12. The Labute approximate surface area is 97.9 Å². The van der Waals surface area contributed by atoms with E-state index in [2.05, 4.69) is 12.2 Å². The van der Waals surface area contributed by atoms with E-state index in [1.165, 1.54) is 0 Å². The Morgan fingerprint density at radius 1 is 1.50 bits per heavy atom. The topological polar surface area (TPSA) is 45.4 Å². The molecule has 1 rings (SSSR count). The van der Waals surface area contributed by atoms with Gasteiger partial charge in [0.2, 0.25) is 0 Å². The smallest absolute Gasteiger partial charge is 0.103 e. The number of aryl methyl sites for hydroxylation is 1. The number of furan rings is 1. The normalized spacial score (nSPS) is 14.0. The van der Waals surface area contributed by atoms with Gasteiger partial charge in [-0.25, -0.2) is 0 Å². The van der Waals surface area contributed by atoms with Crippen LogP contribution in [0.1, 0.15) is 39.4 Å². The molecule has 1 unspecified atom stereocenters. The summed E-state index contributed by atoms with van der Waals surface area (Å²) in [6.45, 7) is 6.68. The summed E-state index contributed by atoms with van der Waals surface area (Å²) < 4.78 is 5.27. The molecular formula is C13H23NO2. The molecule has 0 aliphatic rings. The predicted molar refractivity (Wildman–Crippen MR) is 65.4 cm³/mol. The van der Waals surface area contributed by atoms with E-state index in [9.17, 15) is 5.11 Å². The molecular weight excluding hydrogens is 202 g/mol. The Kier molecular flexibility index (Phi) is 5.03. The third-order valence-corrected chi connectivity index (χ3v) is 2.63. The average Bonchev–Trinajstić information content (AvgIpc) is 2.65. The van der Waals surface area contributed by atoms with Crippen molar-refractivity contribution in [1.29, 1.82) is 0 Å². The monoisotopic (exact) mass is 225 g/mol. The molecule has 0 spiro atoms. The predicted octanol–water partition coefficient (Wildman–Crippen LogP) is 2.35. The van der Waals surface area contributed by atoms with E-state index in [-0.39, 0.29) is 0 Å². The standard InChI is InChI=1S/C13H23NO2/c1-11(14-9-8-13(2,3)15)6-7-12-5-4-10-16-12/h4-5,10-11,14-15H,6-9H2,1-3H3. The summed E-state index contributed by atoms with van der Waals surface area (Å²) in [6, 6.07) is 4.37. The lowest BCUT2D eigenvalue weighted by Gasteiger charge is -2.19. The highest BCUT2D eigenvalue weighted by Crippen LogP contribution is 2.08. The lowest BCUT2D eigenvalue weighted by atomic mass is 10.1. The van der Waals surface area contributed by atoms with Gasteiger partial charge in [0.25, 0.3) is 0 Å². The molecule has 0 aliphatic carbocycles. The lowest BCUT2D eigenvalue weighted by molar-refractivity contribution is 0.0704. The summed E-state index contributed by atoms with van der Waals surface area (Å²) in [5.74, 6) is 1.04. The Bertz CT molecular complexity index is 275. The molecule has 1 aromatic heterocycles. The van der Waals surface area contributed by atoms with Crippen LogP contribution in [-0.2, 0) is 6.42 Å². The van der Waals surface area contributed by atoms with Gasteiger partial charge in [-0.3, -0.25) is 0 Å². The number of aliphatic hydroxyl groups is 1. The molecule has 1 aromatic rings. The summed E-state index contributed by atoms with van der Waals surface area (Å²) >= 11 is 0. The SMILES string of the molecule is CC(CCc1ccco1)NCCC(C)(C)O. The average molecular weight is 225 g/mol. The molecule has 0 aromatic carbocycles. The van der Waals surface area contributed by atoms with Gasteiger partial charge in [-0.15, -0.1) is 0 Å². The zero-order valence-corrected chi connectivity index (χ0v) is 10.5. The minimum absolute atomic E-state index is 0.451. The summed E-state index contributed by atoms with van der Waals surface area (Å²) in [7, 11) is 0. The van der Waals surface area contributed by atoms with Crippen LogP contribution in [-0.4, -0.2) is 23.3 Å². The molecule has 1 heterocycles. The Hall–Kier alpha value is -0.800. The van der Waals surface area contributed by atoms with Crippen LogP contribution in [0.2, 0.25) is 0 Å². The third-order valence-electron chi connectivity index (χ3n) is 2.63. The highest BCUT2D eigenvalue weighted by molar-refractivity contribution is 4.98. The summed E-state index contributed by atoms with van der Waals surface area (Å²) in [4.78, 5) is 0. The third kappa shape index (κ3) is 5.93. The van der Waals surface area contributed by atoms with Crippen molar-refractivity contribution in [2.45, 2.75) is 51.7 Å². The van der Waals surface area contributed by atoms with E-state index in [0.29, 0.717) is 6.04 Å². The van der Waals surface area contributed by atoms with Gasteiger partial charge in [-0.1, -0.05) is 0 Å². The molecule has 0 radical (unpaired) electrons. The summed E-state index contributed by atoms with van der Waals surface area (Å²) in [5.41, 5.74) is -0.576. The van der Waals surface area contributed by atoms with Gasteiger partial charge in [0, 0.05) is 12.5 Å². The summed E-state index contributed by atoms with van der Waals surface area (Å²) in [5, 5.41) is 13.0. The van der Waals surface area contributed by atoms with Crippen molar-refractivity contribution < 1.29 is 9.52 Å². The molecule has 3 heteroatoms. The zero-order chi connectivity index (χ0) is 12.0. The number of hydrogen-bond donors (Lipinski definition) is 2. The Morgan fingerprint density at radius 3 is 2.81 bits per heavy atom. The first-order valence-electron chi connectivity index (χ1n) is 5.95. The molecule has 16 heavy (non-hydrogen) atoms. The second kappa shape index (κ2) is 6.06. The van der Waals surface area contributed by atoms with Crippen molar-refractivity contribution in [2.75, 3.05) is 6.54 Å². The fourth-order valence-electron chi connectivity index (χ4n) is 1.54. The van der Waals surface area contributed by atoms with Gasteiger partial charge in [-0.2, -0.15) is 0 Å². The van der Waals surface area contributed by atoms with Crippen molar-refractivity contribution in [3.05, 3.63) is 24.2 Å². The van der Waals surface area contributed by atoms with E-state index in [1.54, 1.807) is 6.26 Å². The molecule has 1 atom stereocenters. The molecule has 92 valence electrons.